The minimum atomic E-state index is -1.07. The standard InChI is InChI=1S/C21H15F4N/c1-10-4-6-13(7-5-10)26-20-14(8-11(2)16(22)18(20)24)15-9-12(3)17(23)19(25)21(15)26/h4-9H,1-3H3. The molecule has 1 aromatic heterocycles. The van der Waals surface area contributed by atoms with Crippen LogP contribution < -0.4 is 0 Å². The maximum Gasteiger partial charge on any atom is 0.183 e. The van der Waals surface area contributed by atoms with Gasteiger partial charge in [0, 0.05) is 16.5 Å². The van der Waals surface area contributed by atoms with E-state index in [1.54, 1.807) is 24.3 Å². The first kappa shape index (κ1) is 16.6. The number of fused-ring (bicyclic) bond motifs is 3. The molecule has 0 radical (unpaired) electrons. The molecule has 0 saturated carbocycles. The second-order valence-corrected chi connectivity index (χ2v) is 6.61. The predicted octanol–water partition coefficient (Wildman–Crippen LogP) is 6.27. The monoisotopic (exact) mass is 357 g/mol. The second-order valence-electron chi connectivity index (χ2n) is 6.61. The molecule has 1 nitrogen and oxygen atoms in total. The van der Waals surface area contributed by atoms with Crippen molar-refractivity contribution in [2.24, 2.45) is 0 Å². The SMILES string of the molecule is Cc1ccc(-n2c3c(F)c(F)c(C)cc3c3cc(C)c(F)c(F)c32)cc1. The Kier molecular flexibility index (Phi) is 3.58. The molecule has 0 spiro atoms. The summed E-state index contributed by atoms with van der Waals surface area (Å²) in [5.41, 5.74) is 1.41. The first-order valence-electron chi connectivity index (χ1n) is 8.15. The van der Waals surface area contributed by atoms with Gasteiger partial charge < -0.3 is 4.57 Å². The van der Waals surface area contributed by atoms with Gasteiger partial charge in [-0.15, -0.1) is 0 Å². The van der Waals surface area contributed by atoms with Crippen molar-refractivity contribution in [1.82, 2.24) is 4.57 Å². The van der Waals surface area contributed by atoms with Crippen LogP contribution in [0.3, 0.4) is 0 Å². The fourth-order valence-corrected chi connectivity index (χ4v) is 3.40. The lowest BCUT2D eigenvalue weighted by molar-refractivity contribution is 0.505. The van der Waals surface area contributed by atoms with Crippen molar-refractivity contribution in [2.75, 3.05) is 0 Å². The van der Waals surface area contributed by atoms with Crippen LogP contribution in [0.15, 0.2) is 36.4 Å². The van der Waals surface area contributed by atoms with E-state index in [0.29, 0.717) is 16.5 Å². The summed E-state index contributed by atoms with van der Waals surface area (Å²) in [5.74, 6) is -4.14. The van der Waals surface area contributed by atoms with Crippen LogP contribution in [0, 0.1) is 44.0 Å². The molecule has 0 amide bonds. The van der Waals surface area contributed by atoms with Gasteiger partial charge in [-0.05, 0) is 56.2 Å². The minimum Gasteiger partial charge on any atom is -0.304 e. The molecule has 0 N–H and O–H groups in total. The van der Waals surface area contributed by atoms with Crippen LogP contribution in [-0.4, -0.2) is 4.57 Å². The second kappa shape index (κ2) is 5.59. The topological polar surface area (TPSA) is 4.93 Å². The molecule has 4 rings (SSSR count). The molecule has 0 bridgehead atoms. The number of hydrogen-bond donors (Lipinski definition) is 0. The summed E-state index contributed by atoms with van der Waals surface area (Å²) in [6.45, 7) is 4.77. The highest BCUT2D eigenvalue weighted by molar-refractivity contribution is 6.10. The van der Waals surface area contributed by atoms with Gasteiger partial charge in [0.1, 0.15) is 0 Å². The maximum absolute atomic E-state index is 14.8. The van der Waals surface area contributed by atoms with Crippen molar-refractivity contribution in [3.8, 4) is 5.69 Å². The summed E-state index contributed by atoms with van der Waals surface area (Å²) in [6, 6.07) is 9.83. The fourth-order valence-electron chi connectivity index (χ4n) is 3.40. The summed E-state index contributed by atoms with van der Waals surface area (Å²) in [7, 11) is 0. The zero-order valence-corrected chi connectivity index (χ0v) is 14.4. The number of benzene rings is 3. The van der Waals surface area contributed by atoms with E-state index in [1.165, 1.54) is 30.5 Å². The van der Waals surface area contributed by atoms with E-state index < -0.39 is 23.3 Å². The molecule has 3 aromatic carbocycles. The first-order valence-corrected chi connectivity index (χ1v) is 8.15. The predicted molar refractivity (Wildman–Crippen MR) is 94.8 cm³/mol. The largest absolute Gasteiger partial charge is 0.304 e. The van der Waals surface area contributed by atoms with Crippen molar-refractivity contribution >= 4 is 21.8 Å². The third-order valence-corrected chi connectivity index (χ3v) is 4.76. The summed E-state index contributed by atoms with van der Waals surface area (Å²) < 4.78 is 59.4. The lowest BCUT2D eigenvalue weighted by Gasteiger charge is -2.10. The van der Waals surface area contributed by atoms with Gasteiger partial charge >= 0.3 is 0 Å². The molecule has 132 valence electrons. The zero-order chi connectivity index (χ0) is 18.7. The smallest absolute Gasteiger partial charge is 0.183 e. The lowest BCUT2D eigenvalue weighted by Crippen LogP contribution is -2.01. The molecule has 0 aliphatic carbocycles. The van der Waals surface area contributed by atoms with Crippen LogP contribution in [0.5, 0.6) is 0 Å². The first-order chi connectivity index (χ1) is 12.3. The van der Waals surface area contributed by atoms with E-state index in [9.17, 15) is 17.6 Å². The Bertz CT molecular complexity index is 1120. The molecule has 0 unspecified atom stereocenters. The highest BCUT2D eigenvalue weighted by Crippen LogP contribution is 2.38. The van der Waals surface area contributed by atoms with E-state index in [4.69, 9.17) is 0 Å². The molecule has 1 heterocycles. The highest BCUT2D eigenvalue weighted by atomic mass is 19.2. The van der Waals surface area contributed by atoms with Crippen LogP contribution in [0.4, 0.5) is 17.6 Å². The molecule has 5 heteroatoms. The molecule has 0 saturated heterocycles. The number of rotatable bonds is 1. The Balaban J connectivity index is 2.32. The molecule has 0 aliphatic heterocycles. The van der Waals surface area contributed by atoms with Crippen molar-refractivity contribution < 1.29 is 17.6 Å². The van der Waals surface area contributed by atoms with Gasteiger partial charge in [0.25, 0.3) is 0 Å². The third-order valence-electron chi connectivity index (χ3n) is 4.76. The van der Waals surface area contributed by atoms with Crippen LogP contribution in [-0.2, 0) is 0 Å². The molecule has 4 aromatic rings. The Morgan fingerprint density at radius 3 is 1.46 bits per heavy atom. The average Bonchev–Trinajstić information content (AvgIpc) is 2.93. The summed E-state index contributed by atoms with van der Waals surface area (Å²) >= 11 is 0. The average molecular weight is 357 g/mol. The molecule has 26 heavy (non-hydrogen) atoms. The lowest BCUT2D eigenvalue weighted by atomic mass is 10.1. The molecule has 0 fully saturated rings. The minimum absolute atomic E-state index is 0.101. The summed E-state index contributed by atoms with van der Waals surface area (Å²) in [6.07, 6.45) is 0. The van der Waals surface area contributed by atoms with Gasteiger partial charge in [-0.2, -0.15) is 0 Å². The van der Waals surface area contributed by atoms with Gasteiger partial charge in [0.2, 0.25) is 0 Å². The molecule has 0 aliphatic rings. The number of halogens is 4. The van der Waals surface area contributed by atoms with Gasteiger partial charge in [0.15, 0.2) is 23.3 Å². The summed E-state index contributed by atoms with van der Waals surface area (Å²) in [4.78, 5) is 0. The quantitative estimate of drug-likeness (QED) is 0.354. The van der Waals surface area contributed by atoms with Crippen molar-refractivity contribution in [2.45, 2.75) is 20.8 Å². The van der Waals surface area contributed by atoms with Crippen molar-refractivity contribution in [3.63, 3.8) is 0 Å². The Hall–Kier alpha value is -2.82. The van der Waals surface area contributed by atoms with Gasteiger partial charge in [-0.1, -0.05) is 17.7 Å². The van der Waals surface area contributed by atoms with E-state index in [0.717, 1.165) is 5.56 Å². The van der Waals surface area contributed by atoms with E-state index in [-0.39, 0.29) is 22.2 Å². The Labute approximate surface area is 147 Å². The maximum atomic E-state index is 14.8. The Morgan fingerprint density at radius 1 is 0.615 bits per heavy atom. The van der Waals surface area contributed by atoms with E-state index in [1.807, 2.05) is 6.92 Å². The normalized spacial score (nSPS) is 11.7. The van der Waals surface area contributed by atoms with Crippen molar-refractivity contribution in [1.29, 1.82) is 0 Å². The van der Waals surface area contributed by atoms with Gasteiger partial charge in [-0.25, -0.2) is 17.6 Å². The number of hydrogen-bond acceptors (Lipinski definition) is 0. The molecular formula is C21H15F4N. The third kappa shape index (κ3) is 2.16. The van der Waals surface area contributed by atoms with E-state index in [2.05, 4.69) is 0 Å². The number of aryl methyl sites for hydroxylation is 3. The van der Waals surface area contributed by atoms with Gasteiger partial charge in [0.05, 0.1) is 11.0 Å². The van der Waals surface area contributed by atoms with Crippen LogP contribution in [0.25, 0.3) is 27.5 Å². The Morgan fingerprint density at radius 2 is 1.04 bits per heavy atom. The molecule has 0 atom stereocenters. The zero-order valence-electron chi connectivity index (χ0n) is 14.4. The van der Waals surface area contributed by atoms with Gasteiger partial charge in [-0.3, -0.25) is 0 Å². The van der Waals surface area contributed by atoms with Crippen molar-refractivity contribution in [3.05, 3.63) is 76.4 Å². The number of aromatic nitrogens is 1. The van der Waals surface area contributed by atoms with E-state index >= 15 is 0 Å². The summed E-state index contributed by atoms with van der Waals surface area (Å²) in [5, 5.41) is 0.693. The number of nitrogens with zero attached hydrogens (tertiary/aromatic N) is 1. The fraction of sp³-hybridized carbons (Fsp3) is 0.143. The molecular weight excluding hydrogens is 342 g/mol. The van der Waals surface area contributed by atoms with Crippen LogP contribution in [0.2, 0.25) is 0 Å². The highest BCUT2D eigenvalue weighted by Gasteiger charge is 2.24. The van der Waals surface area contributed by atoms with Crippen LogP contribution in [0.1, 0.15) is 16.7 Å². The van der Waals surface area contributed by atoms with Crippen LogP contribution >= 0.6 is 0 Å².